The van der Waals surface area contributed by atoms with Crippen molar-refractivity contribution in [3.63, 3.8) is 0 Å². The monoisotopic (exact) mass is 473 g/mol. The molecule has 0 atom stereocenters. The number of ether oxygens (including phenoxy) is 1. The average Bonchev–Trinajstić information content (AvgIpc) is 2.66. The van der Waals surface area contributed by atoms with Crippen LogP contribution in [-0.4, -0.2) is 36.7 Å². The lowest BCUT2D eigenvalue weighted by atomic mass is 10.1. The molecule has 0 spiro atoms. The van der Waals surface area contributed by atoms with E-state index >= 15 is 0 Å². The van der Waals surface area contributed by atoms with Crippen LogP contribution in [0.1, 0.15) is 0 Å². The van der Waals surface area contributed by atoms with Crippen molar-refractivity contribution in [3.8, 4) is 17.0 Å². The summed E-state index contributed by atoms with van der Waals surface area (Å²) < 4.78 is 33.7. The van der Waals surface area contributed by atoms with Gasteiger partial charge in [-0.25, -0.2) is 18.4 Å². The Morgan fingerprint density at radius 2 is 1.69 bits per heavy atom. The molecule has 2 N–H and O–H groups in total. The highest BCUT2D eigenvalue weighted by molar-refractivity contribution is 7.92. The van der Waals surface area contributed by atoms with Crippen molar-refractivity contribution in [1.82, 2.24) is 9.97 Å². The van der Waals surface area contributed by atoms with Crippen LogP contribution in [0.5, 0.6) is 5.88 Å². The Morgan fingerprint density at radius 1 is 1.00 bits per heavy atom. The fourth-order valence-electron chi connectivity index (χ4n) is 2.45. The minimum atomic E-state index is -4.10. The second kappa shape index (κ2) is 9.15. The van der Waals surface area contributed by atoms with Crippen molar-refractivity contribution in [2.24, 2.45) is 0 Å². The number of halogens is 3. The number of nitrogens with zero attached hydrogens (tertiary/aromatic N) is 2. The lowest BCUT2D eigenvalue weighted by Crippen LogP contribution is -2.16. The molecule has 0 radical (unpaired) electrons. The van der Waals surface area contributed by atoms with Gasteiger partial charge in [-0.15, -0.1) is 0 Å². The topological polar surface area (TPSA) is 101 Å². The van der Waals surface area contributed by atoms with E-state index in [4.69, 9.17) is 44.6 Å². The lowest BCUT2D eigenvalue weighted by Gasteiger charge is -2.15. The van der Waals surface area contributed by atoms with Crippen molar-refractivity contribution < 1.29 is 18.3 Å². The molecule has 3 aromatic rings. The first-order valence-electron chi connectivity index (χ1n) is 8.14. The molecule has 0 saturated heterocycles. The van der Waals surface area contributed by atoms with E-state index in [2.05, 4.69) is 14.7 Å². The largest absolute Gasteiger partial charge is 0.475 e. The van der Waals surface area contributed by atoms with Crippen LogP contribution in [0.2, 0.25) is 15.1 Å². The van der Waals surface area contributed by atoms with Gasteiger partial charge in [-0.3, -0.25) is 4.72 Å². The smallest absolute Gasteiger partial charge is 0.264 e. The number of nitrogens with one attached hydrogen (secondary N) is 1. The minimum absolute atomic E-state index is 0.0266. The van der Waals surface area contributed by atoms with Gasteiger partial charge in [0.1, 0.15) is 17.8 Å². The molecule has 3 rings (SSSR count). The number of benzene rings is 2. The summed E-state index contributed by atoms with van der Waals surface area (Å²) in [4.78, 5) is 7.95. The molecule has 0 amide bonds. The third-order valence-corrected chi connectivity index (χ3v) is 6.00. The maximum Gasteiger partial charge on any atom is 0.264 e. The Bertz CT molecular complexity index is 1130. The van der Waals surface area contributed by atoms with Gasteiger partial charge in [0.15, 0.2) is 5.82 Å². The number of rotatable bonds is 7. The molecule has 29 heavy (non-hydrogen) atoms. The minimum Gasteiger partial charge on any atom is -0.475 e. The number of hydrogen-bond donors (Lipinski definition) is 2. The van der Waals surface area contributed by atoms with E-state index in [1.54, 1.807) is 24.3 Å². The van der Waals surface area contributed by atoms with Crippen LogP contribution in [0.15, 0.2) is 53.7 Å². The summed E-state index contributed by atoms with van der Waals surface area (Å²) in [5.74, 6) is 0.0672. The number of aromatic nitrogens is 2. The van der Waals surface area contributed by atoms with E-state index in [-0.39, 0.29) is 40.4 Å². The van der Waals surface area contributed by atoms with Gasteiger partial charge in [0.2, 0.25) is 5.88 Å². The van der Waals surface area contributed by atoms with E-state index in [0.29, 0.717) is 15.6 Å². The molecule has 7 nitrogen and oxygen atoms in total. The number of anilines is 1. The van der Waals surface area contributed by atoms with Gasteiger partial charge in [-0.05, 0) is 35.9 Å². The Balaban J connectivity index is 2.09. The first kappa shape index (κ1) is 21.6. The molecular weight excluding hydrogens is 461 g/mol. The highest BCUT2D eigenvalue weighted by Crippen LogP contribution is 2.36. The summed E-state index contributed by atoms with van der Waals surface area (Å²) in [6.07, 6.45) is 1.15. The predicted molar refractivity (Wildman–Crippen MR) is 112 cm³/mol. The first-order chi connectivity index (χ1) is 13.8. The van der Waals surface area contributed by atoms with E-state index in [1.165, 1.54) is 18.2 Å². The second-order valence-corrected chi connectivity index (χ2v) is 8.59. The zero-order chi connectivity index (χ0) is 21.0. The van der Waals surface area contributed by atoms with Crippen molar-refractivity contribution >= 4 is 50.6 Å². The van der Waals surface area contributed by atoms with Gasteiger partial charge < -0.3 is 9.84 Å². The van der Waals surface area contributed by atoms with Crippen molar-refractivity contribution in [1.29, 1.82) is 0 Å². The van der Waals surface area contributed by atoms with Crippen molar-refractivity contribution in [3.05, 3.63) is 63.9 Å². The van der Waals surface area contributed by atoms with Crippen LogP contribution < -0.4 is 9.46 Å². The van der Waals surface area contributed by atoms with Crippen LogP contribution in [0.3, 0.4) is 0 Å². The summed E-state index contributed by atoms with van der Waals surface area (Å²) in [5.41, 5.74) is 0.842. The maximum absolute atomic E-state index is 12.9. The highest BCUT2D eigenvalue weighted by atomic mass is 35.5. The highest BCUT2D eigenvalue weighted by Gasteiger charge is 2.23. The molecule has 0 bridgehead atoms. The quantitative estimate of drug-likeness (QED) is 0.530. The first-order valence-corrected chi connectivity index (χ1v) is 10.8. The van der Waals surface area contributed by atoms with Gasteiger partial charge in [-0.2, -0.15) is 0 Å². The number of sulfonamides is 1. The Hall–Kier alpha value is -2.10. The summed E-state index contributed by atoms with van der Waals surface area (Å²) >= 11 is 17.8. The fourth-order valence-corrected chi connectivity index (χ4v) is 4.37. The summed E-state index contributed by atoms with van der Waals surface area (Å²) in [6, 6.07) is 10.6. The van der Waals surface area contributed by atoms with Crippen molar-refractivity contribution in [2.75, 3.05) is 17.9 Å². The summed E-state index contributed by atoms with van der Waals surface area (Å²) in [5, 5.41) is 9.82. The third-order valence-electron chi connectivity index (χ3n) is 3.69. The van der Waals surface area contributed by atoms with E-state index in [9.17, 15) is 8.42 Å². The second-order valence-electron chi connectivity index (χ2n) is 5.66. The molecule has 1 aromatic heterocycles. The molecule has 0 aliphatic carbocycles. The normalized spacial score (nSPS) is 11.3. The molecule has 0 unspecified atom stereocenters. The Morgan fingerprint density at radius 3 is 2.34 bits per heavy atom. The van der Waals surface area contributed by atoms with Gasteiger partial charge >= 0.3 is 0 Å². The summed E-state index contributed by atoms with van der Waals surface area (Å²) in [6.45, 7) is -0.279. The molecule has 2 aromatic carbocycles. The van der Waals surface area contributed by atoms with E-state index in [0.717, 1.165) is 6.33 Å². The predicted octanol–water partition coefficient (Wildman–Crippen LogP) is 4.28. The van der Waals surface area contributed by atoms with Crippen molar-refractivity contribution in [2.45, 2.75) is 4.90 Å². The lowest BCUT2D eigenvalue weighted by molar-refractivity contribution is 0.197. The van der Waals surface area contributed by atoms with Gasteiger partial charge in [0.25, 0.3) is 10.0 Å². The standard InChI is InChI=1S/C18H14Cl3N3O4S/c19-12-3-1-11(2-4-12)16-17(22-10-23-18(16)28-8-7-25)24-29(26,27)15-6-5-13(20)9-14(15)21/h1-6,9-10,25H,7-8H2,(H,22,23,24). The average molecular weight is 475 g/mol. The molecule has 0 fully saturated rings. The molecule has 1 heterocycles. The fraction of sp³-hybridized carbons (Fsp3) is 0.111. The molecule has 0 aliphatic rings. The number of hydrogen-bond acceptors (Lipinski definition) is 6. The molecule has 0 aliphatic heterocycles. The van der Waals surface area contributed by atoms with Crippen LogP contribution in [0, 0.1) is 0 Å². The zero-order valence-electron chi connectivity index (χ0n) is 14.6. The van der Waals surface area contributed by atoms with Crippen LogP contribution in [-0.2, 0) is 10.0 Å². The maximum atomic E-state index is 12.9. The van der Waals surface area contributed by atoms with Crippen LogP contribution in [0.25, 0.3) is 11.1 Å². The van der Waals surface area contributed by atoms with E-state index < -0.39 is 10.0 Å². The van der Waals surface area contributed by atoms with Gasteiger partial charge in [0, 0.05) is 10.0 Å². The molecular formula is C18H14Cl3N3O4S. The number of aliphatic hydroxyl groups excluding tert-OH is 1. The Labute approximate surface area is 182 Å². The summed E-state index contributed by atoms with van der Waals surface area (Å²) in [7, 11) is -4.10. The van der Waals surface area contributed by atoms with Gasteiger partial charge in [0.05, 0.1) is 17.2 Å². The molecule has 11 heteroatoms. The SMILES string of the molecule is O=S(=O)(Nc1ncnc(OCCO)c1-c1ccc(Cl)cc1)c1ccc(Cl)cc1Cl. The van der Waals surface area contributed by atoms with Crippen LogP contribution in [0.4, 0.5) is 5.82 Å². The zero-order valence-corrected chi connectivity index (χ0v) is 17.7. The third kappa shape index (κ3) is 5.09. The molecule has 152 valence electrons. The van der Waals surface area contributed by atoms with Crippen LogP contribution >= 0.6 is 34.8 Å². The number of aliphatic hydroxyl groups is 1. The van der Waals surface area contributed by atoms with Gasteiger partial charge in [-0.1, -0.05) is 46.9 Å². The Kier molecular flexibility index (Phi) is 6.81. The molecule has 0 saturated carbocycles. The van der Waals surface area contributed by atoms with E-state index in [1.807, 2.05) is 0 Å².